The molecule has 0 heterocycles. The fraction of sp³-hybridized carbons (Fsp3) is 0.556. The maximum atomic E-state index is 11.1. The lowest BCUT2D eigenvalue weighted by atomic mass is 10.2. The fourth-order valence-electron chi connectivity index (χ4n) is 0.804. The van der Waals surface area contributed by atoms with Gasteiger partial charge in [-0.05, 0) is 0 Å². The molecule has 0 bridgehead atoms. The number of aliphatic carboxylic acids is 1. The van der Waals surface area contributed by atoms with Crippen LogP contribution in [0.1, 0.15) is 6.92 Å². The molecule has 80 valence electrons. The number of hydrogen-bond acceptors (Lipinski definition) is 3. The zero-order valence-corrected chi connectivity index (χ0v) is 8.40. The van der Waals surface area contributed by atoms with Crippen molar-refractivity contribution in [2.45, 2.75) is 6.92 Å². The summed E-state index contributed by atoms with van der Waals surface area (Å²) in [6.07, 6.45) is 0.907. The maximum Gasteiger partial charge on any atom is 0.409 e. The first-order valence-corrected chi connectivity index (χ1v) is 4.20. The Balaban J connectivity index is 3.94. The number of ether oxygens (including phenoxy) is 1. The Bertz CT molecular complexity index is 227. The summed E-state index contributed by atoms with van der Waals surface area (Å²) in [6.45, 7) is 5.18. The molecule has 0 aromatic carbocycles. The van der Waals surface area contributed by atoms with Crippen molar-refractivity contribution in [2.75, 3.05) is 20.2 Å². The van der Waals surface area contributed by atoms with E-state index in [0.29, 0.717) is 0 Å². The van der Waals surface area contributed by atoms with E-state index in [0.717, 1.165) is 0 Å². The van der Waals surface area contributed by atoms with Crippen LogP contribution in [-0.4, -0.2) is 42.3 Å². The second-order valence-electron chi connectivity index (χ2n) is 2.99. The zero-order chi connectivity index (χ0) is 11.1. The van der Waals surface area contributed by atoms with Gasteiger partial charge in [0.2, 0.25) is 0 Å². The predicted octanol–water partition coefficient (Wildman–Crippen LogP) is 0.962. The van der Waals surface area contributed by atoms with Crippen molar-refractivity contribution >= 4 is 12.1 Å². The first-order valence-electron chi connectivity index (χ1n) is 4.20. The molecule has 0 aliphatic rings. The Morgan fingerprint density at radius 2 is 2.21 bits per heavy atom. The van der Waals surface area contributed by atoms with Crippen LogP contribution in [0, 0.1) is 5.92 Å². The second kappa shape index (κ2) is 6.01. The smallest absolute Gasteiger partial charge is 0.409 e. The van der Waals surface area contributed by atoms with E-state index < -0.39 is 18.0 Å². The largest absolute Gasteiger partial charge is 0.481 e. The molecule has 0 aliphatic carbocycles. The van der Waals surface area contributed by atoms with Crippen molar-refractivity contribution in [3.63, 3.8) is 0 Å². The van der Waals surface area contributed by atoms with Crippen LogP contribution in [0.4, 0.5) is 4.79 Å². The molecular formula is C9H15NO4. The zero-order valence-electron chi connectivity index (χ0n) is 8.40. The van der Waals surface area contributed by atoms with E-state index in [1.807, 2.05) is 0 Å². The van der Waals surface area contributed by atoms with Gasteiger partial charge in [-0.15, -0.1) is 0 Å². The Hall–Kier alpha value is -1.52. The highest BCUT2D eigenvalue weighted by molar-refractivity contribution is 5.72. The molecule has 0 radical (unpaired) electrons. The summed E-state index contributed by atoms with van der Waals surface area (Å²) < 4.78 is 4.71. The molecule has 0 saturated heterocycles. The number of carbonyl (C=O) groups excluding carboxylic acids is 1. The molecule has 1 atom stereocenters. The molecule has 1 amide bonds. The number of carbonyl (C=O) groups is 2. The Morgan fingerprint density at radius 3 is 2.64 bits per heavy atom. The summed E-state index contributed by atoms with van der Waals surface area (Å²) in [7, 11) is 1.49. The van der Waals surface area contributed by atoms with Gasteiger partial charge in [0.1, 0.15) is 6.61 Å². The Morgan fingerprint density at radius 1 is 1.64 bits per heavy atom. The van der Waals surface area contributed by atoms with Crippen molar-refractivity contribution in [2.24, 2.45) is 5.92 Å². The monoisotopic (exact) mass is 201 g/mol. The van der Waals surface area contributed by atoms with Crippen LogP contribution >= 0.6 is 0 Å². The first kappa shape index (κ1) is 12.5. The van der Waals surface area contributed by atoms with Gasteiger partial charge in [0.05, 0.1) is 5.92 Å². The molecule has 0 aromatic rings. The highest BCUT2D eigenvalue weighted by Crippen LogP contribution is 2.00. The van der Waals surface area contributed by atoms with Gasteiger partial charge in [-0.1, -0.05) is 19.6 Å². The van der Waals surface area contributed by atoms with Crippen molar-refractivity contribution in [3.8, 4) is 0 Å². The average Bonchev–Trinajstić information content (AvgIpc) is 2.13. The molecule has 14 heavy (non-hydrogen) atoms. The van der Waals surface area contributed by atoms with Gasteiger partial charge in [-0.2, -0.15) is 0 Å². The SMILES string of the molecule is C=CCOC(=O)N(C)CC(C)C(=O)O. The van der Waals surface area contributed by atoms with Crippen LogP contribution in [0.5, 0.6) is 0 Å². The van der Waals surface area contributed by atoms with Gasteiger partial charge in [-0.3, -0.25) is 4.79 Å². The summed E-state index contributed by atoms with van der Waals surface area (Å²) >= 11 is 0. The van der Waals surface area contributed by atoms with Crippen LogP contribution in [-0.2, 0) is 9.53 Å². The second-order valence-corrected chi connectivity index (χ2v) is 2.99. The number of carboxylic acids is 1. The average molecular weight is 201 g/mol. The molecule has 0 saturated carbocycles. The Kier molecular flexibility index (Phi) is 5.36. The topological polar surface area (TPSA) is 66.8 Å². The van der Waals surface area contributed by atoms with Crippen molar-refractivity contribution in [1.82, 2.24) is 4.90 Å². The standard InChI is InChI=1S/C9H15NO4/c1-4-5-14-9(13)10(3)6-7(2)8(11)12/h4,7H,1,5-6H2,2-3H3,(H,11,12). The summed E-state index contributed by atoms with van der Waals surface area (Å²) in [5.41, 5.74) is 0. The van der Waals surface area contributed by atoms with Crippen LogP contribution in [0.2, 0.25) is 0 Å². The molecule has 0 fully saturated rings. The van der Waals surface area contributed by atoms with Crippen LogP contribution < -0.4 is 0 Å². The van der Waals surface area contributed by atoms with Crippen molar-refractivity contribution in [3.05, 3.63) is 12.7 Å². The first-order chi connectivity index (χ1) is 6.49. The van der Waals surface area contributed by atoms with Crippen molar-refractivity contribution in [1.29, 1.82) is 0 Å². The van der Waals surface area contributed by atoms with E-state index in [4.69, 9.17) is 9.84 Å². The minimum atomic E-state index is -0.937. The van der Waals surface area contributed by atoms with E-state index in [2.05, 4.69) is 6.58 Å². The lowest BCUT2D eigenvalue weighted by Crippen LogP contribution is -2.34. The Labute approximate surface area is 83.0 Å². The van der Waals surface area contributed by atoms with Gasteiger partial charge in [-0.25, -0.2) is 4.79 Å². The molecule has 0 aromatic heterocycles. The van der Waals surface area contributed by atoms with Gasteiger partial charge >= 0.3 is 12.1 Å². The molecular weight excluding hydrogens is 186 g/mol. The third-order valence-corrected chi connectivity index (χ3v) is 1.61. The molecule has 0 spiro atoms. The molecule has 5 heteroatoms. The minimum absolute atomic E-state index is 0.130. The van der Waals surface area contributed by atoms with Gasteiger partial charge < -0.3 is 14.7 Å². The van der Waals surface area contributed by atoms with E-state index >= 15 is 0 Å². The highest BCUT2D eigenvalue weighted by Gasteiger charge is 2.17. The quantitative estimate of drug-likeness (QED) is 0.673. The number of carboxylic acid groups (broad SMARTS) is 1. The van der Waals surface area contributed by atoms with Gasteiger partial charge in [0.25, 0.3) is 0 Å². The van der Waals surface area contributed by atoms with Crippen molar-refractivity contribution < 1.29 is 19.4 Å². The minimum Gasteiger partial charge on any atom is -0.481 e. The summed E-state index contributed by atoms with van der Waals surface area (Å²) in [5, 5.41) is 8.59. The number of nitrogens with zero attached hydrogens (tertiary/aromatic N) is 1. The summed E-state index contributed by atoms with van der Waals surface area (Å²) in [4.78, 5) is 22.8. The number of amides is 1. The summed E-state index contributed by atoms with van der Waals surface area (Å²) in [6, 6.07) is 0. The number of rotatable bonds is 5. The van der Waals surface area contributed by atoms with Crippen LogP contribution in [0.25, 0.3) is 0 Å². The lowest BCUT2D eigenvalue weighted by molar-refractivity contribution is -0.141. The van der Waals surface area contributed by atoms with E-state index in [9.17, 15) is 9.59 Å². The van der Waals surface area contributed by atoms with Gasteiger partial charge in [0.15, 0.2) is 0 Å². The van der Waals surface area contributed by atoms with E-state index in [1.54, 1.807) is 0 Å². The normalized spacial score (nSPS) is 11.6. The van der Waals surface area contributed by atoms with Crippen LogP contribution in [0.15, 0.2) is 12.7 Å². The lowest BCUT2D eigenvalue weighted by Gasteiger charge is -2.18. The molecule has 1 N–H and O–H groups in total. The third kappa shape index (κ3) is 4.49. The molecule has 0 rings (SSSR count). The fourth-order valence-corrected chi connectivity index (χ4v) is 0.804. The molecule has 1 unspecified atom stereocenters. The summed E-state index contributed by atoms with van der Waals surface area (Å²) in [5.74, 6) is -1.54. The highest BCUT2D eigenvalue weighted by atomic mass is 16.6. The van der Waals surface area contributed by atoms with E-state index in [1.165, 1.54) is 24.9 Å². The molecule has 0 aliphatic heterocycles. The number of hydrogen-bond donors (Lipinski definition) is 1. The predicted molar refractivity (Wildman–Crippen MR) is 51.0 cm³/mol. The van der Waals surface area contributed by atoms with Gasteiger partial charge in [0, 0.05) is 13.6 Å². The van der Waals surface area contributed by atoms with Crippen LogP contribution in [0.3, 0.4) is 0 Å². The van der Waals surface area contributed by atoms with E-state index in [-0.39, 0.29) is 13.2 Å². The molecule has 5 nitrogen and oxygen atoms in total. The third-order valence-electron chi connectivity index (χ3n) is 1.61. The maximum absolute atomic E-state index is 11.1.